The lowest BCUT2D eigenvalue weighted by Gasteiger charge is -2.19. The van der Waals surface area contributed by atoms with Crippen LogP contribution in [-0.4, -0.2) is 31.2 Å². The van der Waals surface area contributed by atoms with Crippen LogP contribution in [0.3, 0.4) is 0 Å². The lowest BCUT2D eigenvalue weighted by atomic mass is 10.1. The number of methoxy groups -OCH3 is 1. The Morgan fingerprint density at radius 2 is 2.04 bits per heavy atom. The monoisotopic (exact) mass is 367 g/mol. The second-order valence-electron chi connectivity index (χ2n) is 7.15. The van der Waals surface area contributed by atoms with Gasteiger partial charge in [-0.05, 0) is 12.1 Å². The van der Waals surface area contributed by atoms with Gasteiger partial charge in [-0.2, -0.15) is 0 Å². The lowest BCUT2D eigenvalue weighted by Crippen LogP contribution is -2.07. The molecule has 0 saturated heterocycles. The summed E-state index contributed by atoms with van der Waals surface area (Å²) >= 11 is 1.77. The Morgan fingerprint density at radius 3 is 2.77 bits per heavy atom. The smallest absolute Gasteiger partial charge is 0.198 e. The number of nitrogens with one attached hydrogen (secondary N) is 1. The Kier molecular flexibility index (Phi) is 3.84. The number of hydrogen-bond donors (Lipinski definition) is 2. The van der Waals surface area contributed by atoms with Crippen molar-refractivity contribution in [2.75, 3.05) is 12.8 Å². The predicted molar refractivity (Wildman–Crippen MR) is 107 cm³/mol. The zero-order chi connectivity index (χ0) is 18.5. The molecule has 0 radical (unpaired) electrons. The van der Waals surface area contributed by atoms with E-state index >= 15 is 0 Å². The Morgan fingerprint density at radius 1 is 1.23 bits per heavy atom. The van der Waals surface area contributed by atoms with Gasteiger partial charge in [-0.25, -0.2) is 9.97 Å². The number of nitrogens with two attached hydrogens (primary N) is 1. The van der Waals surface area contributed by atoms with E-state index in [9.17, 15) is 0 Å². The van der Waals surface area contributed by atoms with Crippen LogP contribution in [0.5, 0.6) is 5.75 Å². The fourth-order valence-electron chi connectivity index (χ4n) is 2.96. The number of ether oxygens (including phenoxy) is 1. The van der Waals surface area contributed by atoms with Gasteiger partial charge in [-0.1, -0.05) is 26.8 Å². The highest BCUT2D eigenvalue weighted by Gasteiger charge is 2.18. The molecule has 0 aliphatic carbocycles. The molecule has 3 N–H and O–H groups in total. The zero-order valence-electron chi connectivity index (χ0n) is 15.2. The molecule has 0 amide bonds. The second-order valence-corrected chi connectivity index (χ2v) is 9.01. The maximum absolute atomic E-state index is 5.76. The van der Waals surface area contributed by atoms with Crippen LogP contribution in [0.1, 0.15) is 20.8 Å². The molecule has 0 aliphatic rings. The first kappa shape index (κ1) is 16.8. The van der Waals surface area contributed by atoms with Crippen molar-refractivity contribution in [3.05, 3.63) is 36.7 Å². The molecular weight excluding hydrogens is 346 g/mol. The van der Waals surface area contributed by atoms with Gasteiger partial charge in [0.05, 0.1) is 34.9 Å². The SMILES string of the molecule is COc1cc2ncc(-c3ccc4nc(N)[nH]c4c3)n2cc1SC(C)(C)C. The van der Waals surface area contributed by atoms with Gasteiger partial charge < -0.3 is 15.5 Å². The zero-order valence-corrected chi connectivity index (χ0v) is 16.0. The first-order valence-corrected chi connectivity index (χ1v) is 9.15. The first-order valence-electron chi connectivity index (χ1n) is 8.34. The predicted octanol–water partition coefficient (Wildman–Crippen LogP) is 4.36. The Balaban J connectivity index is 1.87. The highest BCUT2D eigenvalue weighted by Crippen LogP contribution is 2.39. The number of rotatable bonds is 3. The van der Waals surface area contributed by atoms with E-state index in [0.29, 0.717) is 5.95 Å². The number of H-pyrrole nitrogens is 1. The molecule has 26 heavy (non-hydrogen) atoms. The fourth-order valence-corrected chi connectivity index (χ4v) is 4.02. The van der Waals surface area contributed by atoms with Crippen molar-refractivity contribution in [2.45, 2.75) is 30.4 Å². The Bertz CT molecular complexity index is 1110. The van der Waals surface area contributed by atoms with Crippen LogP contribution < -0.4 is 10.5 Å². The van der Waals surface area contributed by atoms with Gasteiger partial charge in [-0.15, -0.1) is 11.8 Å². The summed E-state index contributed by atoms with van der Waals surface area (Å²) in [5.41, 5.74) is 10.4. The molecule has 0 spiro atoms. The summed E-state index contributed by atoms with van der Waals surface area (Å²) in [7, 11) is 1.69. The number of imidazole rings is 2. The molecule has 0 fully saturated rings. The number of anilines is 1. The first-order chi connectivity index (χ1) is 12.3. The number of benzene rings is 1. The van der Waals surface area contributed by atoms with E-state index in [0.717, 1.165) is 38.6 Å². The van der Waals surface area contributed by atoms with Crippen molar-refractivity contribution in [3.63, 3.8) is 0 Å². The number of fused-ring (bicyclic) bond motifs is 2. The molecule has 3 aromatic heterocycles. The molecule has 0 bridgehead atoms. The fraction of sp³-hybridized carbons (Fsp3) is 0.263. The van der Waals surface area contributed by atoms with Crippen molar-refractivity contribution < 1.29 is 4.74 Å². The highest BCUT2D eigenvalue weighted by molar-refractivity contribution is 8.00. The van der Waals surface area contributed by atoms with Gasteiger partial charge in [0.15, 0.2) is 5.95 Å². The van der Waals surface area contributed by atoms with Crippen molar-refractivity contribution in [1.29, 1.82) is 0 Å². The third kappa shape index (κ3) is 2.99. The normalized spacial score (nSPS) is 12.2. The molecule has 6 nitrogen and oxygen atoms in total. The van der Waals surface area contributed by atoms with E-state index < -0.39 is 0 Å². The summed E-state index contributed by atoms with van der Waals surface area (Å²) in [5.74, 6) is 1.26. The Hall–Kier alpha value is -2.67. The van der Waals surface area contributed by atoms with Gasteiger partial charge in [0.25, 0.3) is 0 Å². The van der Waals surface area contributed by atoms with E-state index in [2.05, 4.69) is 46.3 Å². The summed E-state index contributed by atoms with van der Waals surface area (Å²) in [6.45, 7) is 6.56. The van der Waals surface area contributed by atoms with Gasteiger partial charge >= 0.3 is 0 Å². The molecule has 3 heterocycles. The van der Waals surface area contributed by atoms with Crippen LogP contribution in [0, 0.1) is 0 Å². The topological polar surface area (TPSA) is 81.2 Å². The molecule has 0 aliphatic heterocycles. The molecule has 4 aromatic rings. The minimum Gasteiger partial charge on any atom is -0.495 e. The molecular formula is C19H21N5OS. The van der Waals surface area contributed by atoms with E-state index in [1.807, 2.05) is 30.5 Å². The number of thioether (sulfide) groups is 1. The van der Waals surface area contributed by atoms with Crippen LogP contribution in [0.25, 0.3) is 27.9 Å². The molecule has 1 aromatic carbocycles. The number of aromatic amines is 1. The highest BCUT2D eigenvalue weighted by atomic mass is 32.2. The molecule has 0 unspecified atom stereocenters. The van der Waals surface area contributed by atoms with Gasteiger partial charge in [0, 0.05) is 22.6 Å². The van der Waals surface area contributed by atoms with Gasteiger partial charge in [0.2, 0.25) is 0 Å². The van der Waals surface area contributed by atoms with E-state index in [-0.39, 0.29) is 4.75 Å². The van der Waals surface area contributed by atoms with E-state index in [1.165, 1.54) is 0 Å². The average molecular weight is 367 g/mol. The average Bonchev–Trinajstić information content (AvgIpc) is 3.13. The third-order valence-electron chi connectivity index (χ3n) is 4.01. The quantitative estimate of drug-likeness (QED) is 0.526. The van der Waals surface area contributed by atoms with E-state index in [4.69, 9.17) is 10.5 Å². The van der Waals surface area contributed by atoms with Crippen molar-refractivity contribution in [3.8, 4) is 17.0 Å². The van der Waals surface area contributed by atoms with Gasteiger partial charge in [-0.3, -0.25) is 4.40 Å². The van der Waals surface area contributed by atoms with Crippen molar-refractivity contribution in [1.82, 2.24) is 19.4 Å². The third-order valence-corrected chi connectivity index (χ3v) is 5.15. The number of pyridine rings is 1. The van der Waals surface area contributed by atoms with Crippen LogP contribution in [0.2, 0.25) is 0 Å². The standard InChI is InChI=1S/C19H21N5OS/c1-19(2,3)26-16-10-24-14(9-21-17(24)8-15(16)25-4)11-5-6-12-13(7-11)23-18(20)22-12/h5-10H,1-4H3,(H3,20,22,23). The lowest BCUT2D eigenvalue weighted by molar-refractivity contribution is 0.404. The van der Waals surface area contributed by atoms with E-state index in [1.54, 1.807) is 18.9 Å². The maximum Gasteiger partial charge on any atom is 0.198 e. The molecule has 0 saturated carbocycles. The minimum absolute atomic E-state index is 0.0774. The van der Waals surface area contributed by atoms with Crippen LogP contribution >= 0.6 is 11.8 Å². The molecule has 0 atom stereocenters. The molecule has 7 heteroatoms. The molecule has 4 rings (SSSR count). The van der Waals surface area contributed by atoms with Crippen LogP contribution in [0.4, 0.5) is 5.95 Å². The number of nitrogen functional groups attached to an aromatic ring is 1. The van der Waals surface area contributed by atoms with Gasteiger partial charge in [0.1, 0.15) is 11.4 Å². The number of aromatic nitrogens is 4. The Labute approximate surface area is 155 Å². The maximum atomic E-state index is 5.76. The summed E-state index contributed by atoms with van der Waals surface area (Å²) in [6.07, 6.45) is 3.97. The second kappa shape index (κ2) is 5.95. The summed E-state index contributed by atoms with van der Waals surface area (Å²) < 4.78 is 7.75. The van der Waals surface area contributed by atoms with Crippen LogP contribution in [-0.2, 0) is 0 Å². The van der Waals surface area contributed by atoms with Crippen molar-refractivity contribution >= 4 is 34.4 Å². The largest absolute Gasteiger partial charge is 0.495 e. The van der Waals surface area contributed by atoms with Crippen LogP contribution in [0.15, 0.2) is 41.6 Å². The molecule has 134 valence electrons. The van der Waals surface area contributed by atoms with Crippen molar-refractivity contribution in [2.24, 2.45) is 0 Å². The summed E-state index contributed by atoms with van der Waals surface area (Å²) in [4.78, 5) is 13.0. The number of nitrogens with zero attached hydrogens (tertiary/aromatic N) is 3. The summed E-state index contributed by atoms with van der Waals surface area (Å²) in [5, 5.41) is 0. The summed E-state index contributed by atoms with van der Waals surface area (Å²) in [6, 6.07) is 8.02. The number of hydrogen-bond acceptors (Lipinski definition) is 5. The minimum atomic E-state index is 0.0774.